The Morgan fingerprint density at radius 3 is 3.18 bits per heavy atom. The van der Waals surface area contributed by atoms with Gasteiger partial charge in [-0.3, -0.25) is 4.79 Å². The zero-order valence-corrected chi connectivity index (χ0v) is 10.5. The largest absolute Gasteiger partial charge is 0.360 e. The van der Waals surface area contributed by atoms with Crippen molar-refractivity contribution in [3.63, 3.8) is 0 Å². The second kappa shape index (κ2) is 5.17. The molecule has 0 radical (unpaired) electrons. The SMILES string of the molecule is CCN(C)c1ncccc1[C@@H]1CCCN1C=O. The molecule has 0 saturated carbocycles. The van der Waals surface area contributed by atoms with Crippen molar-refractivity contribution in [1.82, 2.24) is 9.88 Å². The van der Waals surface area contributed by atoms with Gasteiger partial charge in [0.25, 0.3) is 0 Å². The molecule has 92 valence electrons. The van der Waals surface area contributed by atoms with Gasteiger partial charge in [0.15, 0.2) is 0 Å². The van der Waals surface area contributed by atoms with Gasteiger partial charge in [-0.15, -0.1) is 0 Å². The van der Waals surface area contributed by atoms with E-state index in [4.69, 9.17) is 0 Å². The molecule has 1 aromatic heterocycles. The summed E-state index contributed by atoms with van der Waals surface area (Å²) in [6.45, 7) is 3.88. The first-order valence-corrected chi connectivity index (χ1v) is 6.15. The van der Waals surface area contributed by atoms with Crippen LogP contribution in [0.25, 0.3) is 0 Å². The van der Waals surface area contributed by atoms with Crippen LogP contribution in [0, 0.1) is 0 Å². The molecule has 0 spiro atoms. The first-order valence-electron chi connectivity index (χ1n) is 6.15. The molecule has 2 heterocycles. The summed E-state index contributed by atoms with van der Waals surface area (Å²) in [7, 11) is 2.03. The minimum absolute atomic E-state index is 0.199. The number of aromatic nitrogens is 1. The van der Waals surface area contributed by atoms with E-state index in [0.717, 1.165) is 38.2 Å². The van der Waals surface area contributed by atoms with Gasteiger partial charge >= 0.3 is 0 Å². The number of likely N-dealkylation sites (tertiary alicyclic amines) is 1. The van der Waals surface area contributed by atoms with Crippen LogP contribution in [0.5, 0.6) is 0 Å². The van der Waals surface area contributed by atoms with Gasteiger partial charge in [-0.2, -0.15) is 0 Å². The number of rotatable bonds is 4. The Morgan fingerprint density at radius 2 is 2.47 bits per heavy atom. The molecule has 0 bridgehead atoms. The van der Waals surface area contributed by atoms with Crippen LogP contribution in [0.3, 0.4) is 0 Å². The van der Waals surface area contributed by atoms with Gasteiger partial charge in [0.1, 0.15) is 5.82 Å². The van der Waals surface area contributed by atoms with Crippen LogP contribution in [0.4, 0.5) is 5.82 Å². The number of pyridine rings is 1. The van der Waals surface area contributed by atoms with Crippen molar-refractivity contribution < 1.29 is 4.79 Å². The second-order valence-corrected chi connectivity index (χ2v) is 4.43. The van der Waals surface area contributed by atoms with Crippen molar-refractivity contribution in [2.75, 3.05) is 25.0 Å². The quantitative estimate of drug-likeness (QED) is 0.744. The summed E-state index contributed by atoms with van der Waals surface area (Å²) >= 11 is 0. The zero-order valence-electron chi connectivity index (χ0n) is 10.5. The Bertz CT molecular complexity index is 394. The van der Waals surface area contributed by atoms with E-state index in [2.05, 4.69) is 22.9 Å². The molecule has 4 nitrogen and oxygen atoms in total. The molecule has 1 saturated heterocycles. The monoisotopic (exact) mass is 233 g/mol. The first kappa shape index (κ1) is 11.9. The second-order valence-electron chi connectivity index (χ2n) is 4.43. The molecule has 1 fully saturated rings. The van der Waals surface area contributed by atoms with Crippen LogP contribution in [0.1, 0.15) is 31.4 Å². The van der Waals surface area contributed by atoms with Gasteiger partial charge in [-0.25, -0.2) is 4.98 Å². The predicted octanol–water partition coefficient (Wildman–Crippen LogP) is 1.83. The summed E-state index contributed by atoms with van der Waals surface area (Å²) in [6, 6.07) is 4.23. The molecule has 1 aliphatic heterocycles. The number of hydrogen-bond acceptors (Lipinski definition) is 3. The Hall–Kier alpha value is -1.58. The van der Waals surface area contributed by atoms with E-state index >= 15 is 0 Å². The maximum atomic E-state index is 11.0. The van der Waals surface area contributed by atoms with E-state index in [1.807, 2.05) is 24.2 Å². The molecule has 17 heavy (non-hydrogen) atoms. The minimum atomic E-state index is 0.199. The lowest BCUT2D eigenvalue weighted by Crippen LogP contribution is -2.25. The average molecular weight is 233 g/mol. The number of amides is 1. The molecule has 0 unspecified atom stereocenters. The van der Waals surface area contributed by atoms with Crippen LogP contribution >= 0.6 is 0 Å². The fourth-order valence-corrected chi connectivity index (χ4v) is 2.39. The topological polar surface area (TPSA) is 36.4 Å². The summed E-state index contributed by atoms with van der Waals surface area (Å²) < 4.78 is 0. The maximum Gasteiger partial charge on any atom is 0.210 e. The summed E-state index contributed by atoms with van der Waals surface area (Å²) in [4.78, 5) is 19.5. The Balaban J connectivity index is 2.34. The van der Waals surface area contributed by atoms with E-state index in [1.54, 1.807) is 0 Å². The molecule has 1 atom stereocenters. The van der Waals surface area contributed by atoms with Gasteiger partial charge in [-0.1, -0.05) is 6.07 Å². The lowest BCUT2D eigenvalue weighted by molar-refractivity contribution is -0.118. The van der Waals surface area contributed by atoms with Crippen LogP contribution in [-0.4, -0.2) is 36.4 Å². The van der Waals surface area contributed by atoms with Crippen molar-refractivity contribution in [3.05, 3.63) is 23.9 Å². The first-order chi connectivity index (χ1) is 8.27. The Morgan fingerprint density at radius 1 is 1.65 bits per heavy atom. The third kappa shape index (κ3) is 2.25. The lowest BCUT2D eigenvalue weighted by atomic mass is 10.1. The Kier molecular flexibility index (Phi) is 3.61. The maximum absolute atomic E-state index is 11.0. The molecular formula is C13H19N3O. The van der Waals surface area contributed by atoms with E-state index in [1.165, 1.54) is 5.56 Å². The van der Waals surface area contributed by atoms with Crippen molar-refractivity contribution in [2.24, 2.45) is 0 Å². The zero-order chi connectivity index (χ0) is 12.3. The van der Waals surface area contributed by atoms with Gasteiger partial charge in [-0.05, 0) is 25.8 Å². The molecule has 2 rings (SSSR count). The summed E-state index contributed by atoms with van der Waals surface area (Å²) in [5.41, 5.74) is 1.17. The van der Waals surface area contributed by atoms with E-state index in [-0.39, 0.29) is 6.04 Å². The number of carbonyl (C=O) groups is 1. The normalized spacial score (nSPS) is 19.4. The molecule has 0 N–H and O–H groups in total. The minimum Gasteiger partial charge on any atom is -0.360 e. The van der Waals surface area contributed by atoms with E-state index in [9.17, 15) is 4.79 Å². The molecule has 1 amide bonds. The molecule has 1 aliphatic rings. The van der Waals surface area contributed by atoms with Crippen molar-refractivity contribution in [1.29, 1.82) is 0 Å². The van der Waals surface area contributed by atoms with Gasteiger partial charge in [0.2, 0.25) is 6.41 Å². The number of nitrogens with zero attached hydrogens (tertiary/aromatic N) is 3. The highest BCUT2D eigenvalue weighted by atomic mass is 16.1. The summed E-state index contributed by atoms with van der Waals surface area (Å²) in [5, 5.41) is 0. The van der Waals surface area contributed by atoms with Crippen LogP contribution in [0.2, 0.25) is 0 Å². The number of hydrogen-bond donors (Lipinski definition) is 0. The van der Waals surface area contributed by atoms with E-state index in [0.29, 0.717) is 0 Å². The van der Waals surface area contributed by atoms with Crippen LogP contribution in [0.15, 0.2) is 18.3 Å². The number of anilines is 1. The molecule has 1 aromatic rings. The predicted molar refractivity (Wildman–Crippen MR) is 67.9 cm³/mol. The standard InChI is InChI=1S/C13H19N3O/c1-3-15(2)13-11(6-4-8-14-13)12-7-5-9-16(12)10-17/h4,6,8,10,12H,3,5,7,9H2,1-2H3/t12-/m0/s1. The molecule has 4 heteroatoms. The van der Waals surface area contributed by atoms with Crippen LogP contribution in [-0.2, 0) is 4.79 Å². The van der Waals surface area contributed by atoms with Gasteiger partial charge in [0, 0.05) is 31.9 Å². The fraction of sp³-hybridized carbons (Fsp3) is 0.538. The van der Waals surface area contributed by atoms with Gasteiger partial charge in [0.05, 0.1) is 6.04 Å². The summed E-state index contributed by atoms with van der Waals surface area (Å²) in [5.74, 6) is 0.994. The fourth-order valence-electron chi connectivity index (χ4n) is 2.39. The number of carbonyl (C=O) groups excluding carboxylic acids is 1. The highest BCUT2D eigenvalue weighted by molar-refractivity contribution is 5.54. The summed E-state index contributed by atoms with van der Waals surface area (Å²) in [6.07, 6.45) is 4.88. The smallest absolute Gasteiger partial charge is 0.210 e. The lowest BCUT2D eigenvalue weighted by Gasteiger charge is -2.26. The average Bonchev–Trinajstić information content (AvgIpc) is 2.86. The highest BCUT2D eigenvalue weighted by Crippen LogP contribution is 2.34. The van der Waals surface area contributed by atoms with Crippen molar-refractivity contribution in [3.8, 4) is 0 Å². The van der Waals surface area contributed by atoms with Crippen molar-refractivity contribution in [2.45, 2.75) is 25.8 Å². The van der Waals surface area contributed by atoms with Crippen LogP contribution < -0.4 is 4.90 Å². The molecular weight excluding hydrogens is 214 g/mol. The molecule has 0 aromatic carbocycles. The van der Waals surface area contributed by atoms with Gasteiger partial charge < -0.3 is 9.80 Å². The third-order valence-electron chi connectivity index (χ3n) is 3.44. The molecule has 0 aliphatic carbocycles. The van der Waals surface area contributed by atoms with Crippen molar-refractivity contribution >= 4 is 12.2 Å². The highest BCUT2D eigenvalue weighted by Gasteiger charge is 2.27. The Labute approximate surface area is 102 Å². The van der Waals surface area contributed by atoms with E-state index < -0.39 is 0 Å². The third-order valence-corrected chi connectivity index (χ3v) is 3.44.